The third-order valence-electron chi connectivity index (χ3n) is 5.91. The highest BCUT2D eigenvalue weighted by Crippen LogP contribution is 2.30. The number of rotatable bonds is 21. The van der Waals surface area contributed by atoms with Gasteiger partial charge in [-0.15, -0.1) is 0 Å². The van der Waals surface area contributed by atoms with Crippen molar-refractivity contribution in [1.82, 2.24) is 0 Å². The summed E-state index contributed by atoms with van der Waals surface area (Å²) in [6, 6.07) is 12.1. The van der Waals surface area contributed by atoms with Crippen LogP contribution in [0.4, 0.5) is 0 Å². The minimum absolute atomic E-state index is 0.189. The second-order valence-electron chi connectivity index (χ2n) is 8.84. The number of benzene rings is 2. The number of hydrogen-bond donors (Lipinski definition) is 0. The van der Waals surface area contributed by atoms with Crippen molar-refractivity contribution < 1.29 is 38.0 Å². The van der Waals surface area contributed by atoms with Gasteiger partial charge in [0, 0.05) is 0 Å². The summed E-state index contributed by atoms with van der Waals surface area (Å²) in [7, 11) is 6.11. The first-order chi connectivity index (χ1) is 19.5. The van der Waals surface area contributed by atoms with Crippen LogP contribution in [0.2, 0.25) is 0 Å². The van der Waals surface area contributed by atoms with Gasteiger partial charge in [0.1, 0.15) is 0 Å². The quantitative estimate of drug-likeness (QED) is 0.134. The van der Waals surface area contributed by atoms with Crippen molar-refractivity contribution >= 4 is 35.5 Å². The van der Waals surface area contributed by atoms with Crippen LogP contribution in [0.5, 0.6) is 23.0 Å². The zero-order valence-electron chi connectivity index (χ0n) is 24.0. The van der Waals surface area contributed by atoms with Crippen molar-refractivity contribution in [2.24, 2.45) is 0 Å². The molecule has 10 heteroatoms. The minimum Gasteiger partial charge on any atom is -0.493 e. The highest BCUT2D eigenvalue weighted by Gasteiger charge is 2.09. The van der Waals surface area contributed by atoms with Crippen LogP contribution in [0.25, 0.3) is 0 Å². The first-order valence-corrected chi connectivity index (χ1v) is 15.7. The number of thioether (sulfide) groups is 2. The van der Waals surface area contributed by atoms with Gasteiger partial charge in [-0.2, -0.15) is 23.5 Å². The van der Waals surface area contributed by atoms with E-state index in [4.69, 9.17) is 18.9 Å². The maximum atomic E-state index is 11.2. The zero-order chi connectivity index (χ0) is 29.0. The lowest BCUT2D eigenvalue weighted by molar-refractivity contribution is -0.138. The average Bonchev–Trinajstić information content (AvgIpc) is 2.98. The SMILES string of the molecule is COC(=O)CSCCCc1ccc(OCCCCOc2ccc(CCCSCC(=O)OC)cc2OC)c(OC)c1. The second-order valence-corrected chi connectivity index (χ2v) is 11.0. The van der Waals surface area contributed by atoms with Crippen LogP contribution in [0.1, 0.15) is 36.8 Å². The van der Waals surface area contributed by atoms with Gasteiger partial charge in [-0.3, -0.25) is 9.59 Å². The van der Waals surface area contributed by atoms with E-state index < -0.39 is 0 Å². The lowest BCUT2D eigenvalue weighted by atomic mass is 10.1. The summed E-state index contributed by atoms with van der Waals surface area (Å²) in [5.41, 5.74) is 2.35. The molecule has 2 rings (SSSR count). The Hall–Kier alpha value is -2.72. The molecule has 0 aliphatic heterocycles. The molecule has 0 unspecified atom stereocenters. The van der Waals surface area contributed by atoms with E-state index in [9.17, 15) is 9.59 Å². The molecule has 0 aromatic heterocycles. The van der Waals surface area contributed by atoms with E-state index in [1.807, 2.05) is 24.3 Å². The highest BCUT2D eigenvalue weighted by molar-refractivity contribution is 8.00. The van der Waals surface area contributed by atoms with Gasteiger partial charge < -0.3 is 28.4 Å². The predicted octanol–water partition coefficient (Wildman–Crippen LogP) is 5.62. The molecule has 8 nitrogen and oxygen atoms in total. The third-order valence-corrected chi connectivity index (χ3v) is 7.95. The van der Waals surface area contributed by atoms with Gasteiger partial charge in [0.25, 0.3) is 0 Å². The van der Waals surface area contributed by atoms with Gasteiger partial charge in [0.05, 0.1) is 53.2 Å². The summed E-state index contributed by atoms with van der Waals surface area (Å²) in [5, 5.41) is 0. The molecule has 0 radical (unpaired) electrons. The molecule has 0 amide bonds. The maximum Gasteiger partial charge on any atom is 0.315 e. The first kappa shape index (κ1) is 33.5. The standard InChI is InChI=1S/C30H42O8S2/c1-33-27-19-23(9-7-17-39-21-29(31)35-3)11-13-25(27)37-15-5-6-16-38-26-14-12-24(20-28(26)34-2)10-8-18-40-22-30(32)36-4/h11-14,19-20H,5-10,15-18,21-22H2,1-4H3. The lowest BCUT2D eigenvalue weighted by Crippen LogP contribution is -2.05. The molecule has 0 aliphatic carbocycles. The number of aryl methyl sites for hydroxylation is 2. The van der Waals surface area contributed by atoms with Gasteiger partial charge >= 0.3 is 11.9 Å². The molecule has 0 N–H and O–H groups in total. The van der Waals surface area contributed by atoms with Crippen molar-refractivity contribution in [2.75, 3.05) is 64.7 Å². The first-order valence-electron chi connectivity index (χ1n) is 13.4. The number of hydrogen-bond acceptors (Lipinski definition) is 10. The van der Waals surface area contributed by atoms with Crippen LogP contribution in [-0.2, 0) is 31.9 Å². The van der Waals surface area contributed by atoms with Crippen molar-refractivity contribution in [3.63, 3.8) is 0 Å². The van der Waals surface area contributed by atoms with E-state index in [2.05, 4.69) is 21.6 Å². The Balaban J connectivity index is 1.67. The zero-order valence-corrected chi connectivity index (χ0v) is 25.7. The maximum absolute atomic E-state index is 11.2. The van der Waals surface area contributed by atoms with Gasteiger partial charge in [-0.1, -0.05) is 12.1 Å². The van der Waals surface area contributed by atoms with Crippen molar-refractivity contribution in [2.45, 2.75) is 38.5 Å². The van der Waals surface area contributed by atoms with Gasteiger partial charge in [0.15, 0.2) is 23.0 Å². The fourth-order valence-electron chi connectivity index (χ4n) is 3.73. The largest absolute Gasteiger partial charge is 0.493 e. The number of unbranched alkanes of at least 4 members (excludes halogenated alkanes) is 1. The highest BCUT2D eigenvalue weighted by atomic mass is 32.2. The van der Waals surface area contributed by atoms with E-state index in [-0.39, 0.29) is 11.9 Å². The number of methoxy groups -OCH3 is 4. The molecule has 2 aromatic rings. The Kier molecular flexibility index (Phi) is 16.9. The number of esters is 2. The monoisotopic (exact) mass is 594 g/mol. The van der Waals surface area contributed by atoms with Crippen LogP contribution in [0.3, 0.4) is 0 Å². The fraction of sp³-hybridized carbons (Fsp3) is 0.533. The molecule has 40 heavy (non-hydrogen) atoms. The summed E-state index contributed by atoms with van der Waals surface area (Å²) in [6.45, 7) is 1.13. The topological polar surface area (TPSA) is 89.5 Å². The lowest BCUT2D eigenvalue weighted by Gasteiger charge is -2.14. The Morgan fingerprint density at radius 2 is 1.02 bits per heavy atom. The summed E-state index contributed by atoms with van der Waals surface area (Å²) in [6.07, 6.45) is 5.43. The molecule has 0 bridgehead atoms. The second kappa shape index (κ2) is 20.2. The van der Waals surface area contributed by atoms with E-state index in [0.29, 0.717) is 24.7 Å². The summed E-state index contributed by atoms with van der Waals surface area (Å²) in [4.78, 5) is 22.4. The molecule has 222 valence electrons. The van der Waals surface area contributed by atoms with Crippen molar-refractivity contribution in [3.05, 3.63) is 47.5 Å². The Morgan fingerprint density at radius 3 is 1.40 bits per heavy atom. The Labute approximate surface area is 246 Å². The molecular weight excluding hydrogens is 552 g/mol. The van der Waals surface area contributed by atoms with Crippen molar-refractivity contribution in [1.29, 1.82) is 0 Å². The van der Waals surface area contributed by atoms with E-state index in [1.165, 1.54) is 25.3 Å². The average molecular weight is 595 g/mol. The number of carbonyl (C=O) groups excluding carboxylic acids is 2. The molecule has 0 atom stereocenters. The summed E-state index contributed by atoms with van der Waals surface area (Å²) < 4.78 is 32.3. The van der Waals surface area contributed by atoms with Crippen LogP contribution < -0.4 is 18.9 Å². The third kappa shape index (κ3) is 13.1. The Morgan fingerprint density at radius 1 is 0.600 bits per heavy atom. The molecule has 0 saturated carbocycles. The van der Waals surface area contributed by atoms with Crippen molar-refractivity contribution in [3.8, 4) is 23.0 Å². The molecule has 0 aliphatic rings. The minimum atomic E-state index is -0.189. The predicted molar refractivity (Wildman–Crippen MR) is 162 cm³/mol. The molecular formula is C30H42O8S2. The van der Waals surface area contributed by atoms with E-state index in [1.54, 1.807) is 37.7 Å². The summed E-state index contributed by atoms with van der Waals surface area (Å²) >= 11 is 3.16. The summed E-state index contributed by atoms with van der Waals surface area (Å²) in [5.74, 6) is 5.10. The smallest absolute Gasteiger partial charge is 0.315 e. The molecule has 0 spiro atoms. The normalized spacial score (nSPS) is 10.6. The van der Waals surface area contributed by atoms with E-state index >= 15 is 0 Å². The van der Waals surface area contributed by atoms with Gasteiger partial charge in [0.2, 0.25) is 0 Å². The fourth-order valence-corrected chi connectivity index (χ4v) is 5.28. The molecule has 0 fully saturated rings. The van der Waals surface area contributed by atoms with Crippen LogP contribution >= 0.6 is 23.5 Å². The van der Waals surface area contributed by atoms with Crippen LogP contribution in [-0.4, -0.2) is 76.6 Å². The van der Waals surface area contributed by atoms with Gasteiger partial charge in [-0.25, -0.2) is 0 Å². The van der Waals surface area contributed by atoms with Gasteiger partial charge in [-0.05, 0) is 85.4 Å². The Bertz CT molecular complexity index is 949. The number of carbonyl (C=O) groups is 2. The van der Waals surface area contributed by atoms with Crippen LogP contribution in [0.15, 0.2) is 36.4 Å². The molecule has 2 aromatic carbocycles. The van der Waals surface area contributed by atoms with E-state index in [0.717, 1.165) is 73.0 Å². The van der Waals surface area contributed by atoms with Crippen LogP contribution in [0, 0.1) is 0 Å². The number of ether oxygens (including phenoxy) is 6. The molecule has 0 heterocycles. The molecule has 0 saturated heterocycles.